The van der Waals surface area contributed by atoms with Crippen molar-refractivity contribution in [3.8, 4) is 0 Å². The number of thiophene rings is 1. The van der Waals surface area contributed by atoms with Gasteiger partial charge in [0.1, 0.15) is 4.21 Å². The van der Waals surface area contributed by atoms with Crippen molar-refractivity contribution in [3.63, 3.8) is 0 Å². The van der Waals surface area contributed by atoms with Crippen molar-refractivity contribution in [2.45, 2.75) is 10.6 Å². The van der Waals surface area contributed by atoms with Gasteiger partial charge in [0.05, 0.1) is 15.0 Å². The zero-order valence-corrected chi connectivity index (χ0v) is 12.8. The minimum atomic E-state index is -3.90. The summed E-state index contributed by atoms with van der Waals surface area (Å²) in [6.45, 7) is 0. The summed E-state index contributed by atoms with van der Waals surface area (Å²) < 4.78 is 51.9. The molecule has 9 heteroatoms. The third kappa shape index (κ3) is 3.22. The van der Waals surface area contributed by atoms with E-state index in [0.717, 1.165) is 17.4 Å². The van der Waals surface area contributed by atoms with E-state index in [1.807, 2.05) is 0 Å². The molecule has 2 aromatic rings. The van der Waals surface area contributed by atoms with Gasteiger partial charge < -0.3 is 0 Å². The zero-order valence-electron chi connectivity index (χ0n) is 9.61. The van der Waals surface area contributed by atoms with Crippen LogP contribution in [0.3, 0.4) is 0 Å². The molecule has 0 saturated carbocycles. The molecular formula is C11H7Cl2F2NO2S2. The van der Waals surface area contributed by atoms with Gasteiger partial charge in [-0.15, -0.1) is 11.3 Å². The Labute approximate surface area is 128 Å². The van der Waals surface area contributed by atoms with E-state index in [9.17, 15) is 17.2 Å². The smallest absolute Gasteiger partial charge is 0.271 e. The SMILES string of the molecule is O=S(=O)(Nc1cccc(C(F)F)c1Cl)c1ccc(Cl)s1. The molecule has 1 heterocycles. The number of sulfonamides is 1. The first kappa shape index (κ1) is 15.5. The van der Waals surface area contributed by atoms with Crippen LogP contribution in [0.4, 0.5) is 14.5 Å². The number of anilines is 1. The second-order valence-electron chi connectivity index (χ2n) is 3.67. The van der Waals surface area contributed by atoms with Gasteiger partial charge in [-0.2, -0.15) is 0 Å². The van der Waals surface area contributed by atoms with E-state index in [1.165, 1.54) is 24.3 Å². The van der Waals surface area contributed by atoms with Crippen molar-refractivity contribution in [3.05, 3.63) is 45.3 Å². The van der Waals surface area contributed by atoms with Crippen molar-refractivity contribution in [2.24, 2.45) is 0 Å². The Hall–Kier alpha value is -0.890. The van der Waals surface area contributed by atoms with Crippen molar-refractivity contribution in [2.75, 3.05) is 4.72 Å². The van der Waals surface area contributed by atoms with Crippen LogP contribution in [0.25, 0.3) is 0 Å². The van der Waals surface area contributed by atoms with E-state index in [2.05, 4.69) is 4.72 Å². The van der Waals surface area contributed by atoms with Crippen molar-refractivity contribution >= 4 is 50.2 Å². The number of rotatable bonds is 4. The molecule has 0 radical (unpaired) electrons. The van der Waals surface area contributed by atoms with Gasteiger partial charge in [0.15, 0.2) is 0 Å². The van der Waals surface area contributed by atoms with E-state index >= 15 is 0 Å². The lowest BCUT2D eigenvalue weighted by molar-refractivity contribution is 0.151. The minimum Gasteiger partial charge on any atom is -0.277 e. The van der Waals surface area contributed by atoms with Crippen LogP contribution in [-0.2, 0) is 10.0 Å². The first-order valence-electron chi connectivity index (χ1n) is 5.16. The highest BCUT2D eigenvalue weighted by Gasteiger charge is 2.20. The molecule has 20 heavy (non-hydrogen) atoms. The molecule has 2 rings (SSSR count). The largest absolute Gasteiger partial charge is 0.277 e. The fraction of sp³-hybridized carbons (Fsp3) is 0.0909. The number of hydrogen-bond acceptors (Lipinski definition) is 3. The van der Waals surface area contributed by atoms with Gasteiger partial charge in [0.2, 0.25) is 0 Å². The Bertz CT molecular complexity index is 732. The third-order valence-corrected chi connectivity index (χ3v) is 5.83. The maximum absolute atomic E-state index is 12.7. The molecule has 0 aliphatic carbocycles. The summed E-state index contributed by atoms with van der Waals surface area (Å²) >= 11 is 12.3. The molecule has 0 spiro atoms. The molecule has 1 aromatic heterocycles. The summed E-state index contributed by atoms with van der Waals surface area (Å²) in [4.78, 5) is 0. The Morgan fingerprint density at radius 2 is 1.85 bits per heavy atom. The van der Waals surface area contributed by atoms with Crippen LogP contribution in [0.15, 0.2) is 34.5 Å². The molecule has 0 amide bonds. The number of hydrogen-bond donors (Lipinski definition) is 1. The number of halogens is 4. The summed E-state index contributed by atoms with van der Waals surface area (Å²) in [6, 6.07) is 6.48. The zero-order chi connectivity index (χ0) is 14.9. The van der Waals surface area contributed by atoms with Crippen molar-refractivity contribution < 1.29 is 17.2 Å². The molecule has 1 N–H and O–H groups in total. The van der Waals surface area contributed by atoms with Gasteiger partial charge in [-0.25, -0.2) is 17.2 Å². The molecule has 0 aliphatic heterocycles. The van der Waals surface area contributed by atoms with Crippen LogP contribution in [0, 0.1) is 0 Å². The summed E-state index contributed by atoms with van der Waals surface area (Å²) in [7, 11) is -3.90. The van der Waals surface area contributed by atoms with Gasteiger partial charge >= 0.3 is 0 Å². The van der Waals surface area contributed by atoms with Gasteiger partial charge in [-0.3, -0.25) is 4.72 Å². The highest BCUT2D eigenvalue weighted by atomic mass is 35.5. The highest BCUT2D eigenvalue weighted by Crippen LogP contribution is 2.34. The summed E-state index contributed by atoms with van der Waals surface area (Å²) in [5.74, 6) is 0. The molecule has 0 unspecified atom stereocenters. The number of nitrogens with one attached hydrogen (secondary N) is 1. The quantitative estimate of drug-likeness (QED) is 0.854. The molecule has 108 valence electrons. The molecule has 0 fully saturated rings. The van der Waals surface area contributed by atoms with Gasteiger partial charge in [0.25, 0.3) is 16.4 Å². The Balaban J connectivity index is 2.37. The van der Waals surface area contributed by atoms with E-state index in [-0.39, 0.29) is 14.9 Å². The molecule has 1 aromatic carbocycles. The summed E-state index contributed by atoms with van der Waals surface area (Å²) in [5, 5.41) is -0.325. The second-order valence-corrected chi connectivity index (χ2v) is 7.68. The van der Waals surface area contributed by atoms with Crippen LogP contribution >= 0.6 is 34.5 Å². The van der Waals surface area contributed by atoms with Gasteiger partial charge in [-0.05, 0) is 18.2 Å². The van der Waals surface area contributed by atoms with Crippen molar-refractivity contribution in [1.29, 1.82) is 0 Å². The van der Waals surface area contributed by atoms with E-state index in [4.69, 9.17) is 23.2 Å². The van der Waals surface area contributed by atoms with Crippen LogP contribution in [0.1, 0.15) is 12.0 Å². The molecule has 3 nitrogen and oxygen atoms in total. The molecule has 0 saturated heterocycles. The van der Waals surface area contributed by atoms with E-state index < -0.39 is 22.0 Å². The Kier molecular flexibility index (Phi) is 4.53. The van der Waals surface area contributed by atoms with Gasteiger partial charge in [-0.1, -0.05) is 35.3 Å². The standard InChI is InChI=1S/C11H7Cl2F2NO2S2/c12-8-4-5-9(19-8)20(17,18)16-7-3-1-2-6(10(7)13)11(14)15/h1-5,11,16H. The Morgan fingerprint density at radius 1 is 1.15 bits per heavy atom. The lowest BCUT2D eigenvalue weighted by Gasteiger charge is -2.11. The fourth-order valence-corrected chi connectivity index (χ4v) is 4.30. The molecule has 0 atom stereocenters. The lowest BCUT2D eigenvalue weighted by Crippen LogP contribution is -2.12. The number of alkyl halides is 2. The minimum absolute atomic E-state index is 0.0268. The maximum atomic E-state index is 12.7. The molecule has 0 bridgehead atoms. The van der Waals surface area contributed by atoms with E-state index in [1.54, 1.807) is 0 Å². The van der Waals surface area contributed by atoms with Crippen LogP contribution < -0.4 is 4.72 Å². The van der Waals surface area contributed by atoms with Crippen LogP contribution in [-0.4, -0.2) is 8.42 Å². The predicted molar refractivity (Wildman–Crippen MR) is 76.5 cm³/mol. The monoisotopic (exact) mass is 357 g/mol. The average molecular weight is 358 g/mol. The van der Waals surface area contributed by atoms with Crippen LogP contribution in [0.5, 0.6) is 0 Å². The topological polar surface area (TPSA) is 46.2 Å². The summed E-state index contributed by atoms with van der Waals surface area (Å²) in [6.07, 6.45) is -2.79. The normalized spacial score (nSPS) is 11.8. The third-order valence-electron chi connectivity index (χ3n) is 2.32. The average Bonchev–Trinajstić information content (AvgIpc) is 2.79. The van der Waals surface area contributed by atoms with Crippen molar-refractivity contribution in [1.82, 2.24) is 0 Å². The second kappa shape index (κ2) is 5.85. The lowest BCUT2D eigenvalue weighted by atomic mass is 10.2. The number of benzene rings is 1. The molecule has 0 aliphatic rings. The summed E-state index contributed by atoms with van der Waals surface area (Å²) in [5.41, 5.74) is -0.537. The van der Waals surface area contributed by atoms with E-state index in [0.29, 0.717) is 4.34 Å². The fourth-order valence-electron chi connectivity index (χ4n) is 1.43. The first-order valence-corrected chi connectivity index (χ1v) is 8.21. The van der Waals surface area contributed by atoms with Crippen LogP contribution in [0.2, 0.25) is 9.36 Å². The molecular weight excluding hydrogens is 351 g/mol. The highest BCUT2D eigenvalue weighted by molar-refractivity contribution is 7.94. The first-order chi connectivity index (χ1) is 9.31. The maximum Gasteiger partial charge on any atom is 0.271 e. The van der Waals surface area contributed by atoms with Gasteiger partial charge in [0, 0.05) is 5.56 Å². The Morgan fingerprint density at radius 3 is 2.40 bits per heavy atom. The predicted octanol–water partition coefficient (Wildman–Crippen LogP) is 4.79.